The molecule has 0 unspecified atom stereocenters. The Kier molecular flexibility index (Phi) is 6.90. The van der Waals surface area contributed by atoms with Crippen LogP contribution in [0.2, 0.25) is 0 Å². The number of carbonyl (C=O) groups is 1. The standard InChI is InChI=1S/C26H32N4O2/c1-4-29-13-12-28(14-15-32-25-10-6-5-8-22(25)17-26(29)31)19-23-16-20(2)30(21(23)3)24-9-7-11-27-18-24/h5-11,16,18H,4,12-15,17,19H2,1-3H3. The number of aromatic nitrogens is 2. The molecule has 3 aromatic rings. The molecule has 0 atom stereocenters. The molecule has 0 bridgehead atoms. The fourth-order valence-electron chi connectivity index (χ4n) is 4.45. The number of nitrogens with zero attached hydrogens (tertiary/aromatic N) is 4. The number of carbonyl (C=O) groups excluding carboxylic acids is 1. The van der Waals surface area contributed by atoms with E-state index in [0.717, 1.165) is 43.2 Å². The van der Waals surface area contributed by atoms with Crippen molar-refractivity contribution in [2.45, 2.75) is 33.7 Å². The van der Waals surface area contributed by atoms with Crippen molar-refractivity contribution in [1.29, 1.82) is 0 Å². The van der Waals surface area contributed by atoms with Crippen LogP contribution in [0.25, 0.3) is 5.69 Å². The largest absolute Gasteiger partial charge is 0.492 e. The van der Waals surface area contributed by atoms with Gasteiger partial charge < -0.3 is 14.2 Å². The first-order valence-electron chi connectivity index (χ1n) is 11.4. The third-order valence-electron chi connectivity index (χ3n) is 6.23. The summed E-state index contributed by atoms with van der Waals surface area (Å²) in [4.78, 5) is 21.5. The number of hydrogen-bond acceptors (Lipinski definition) is 4. The van der Waals surface area contributed by atoms with Gasteiger partial charge in [-0.05, 0) is 50.6 Å². The Labute approximate surface area is 190 Å². The molecular weight excluding hydrogens is 400 g/mol. The highest BCUT2D eigenvalue weighted by atomic mass is 16.5. The summed E-state index contributed by atoms with van der Waals surface area (Å²) in [7, 11) is 0. The average molecular weight is 433 g/mol. The van der Waals surface area contributed by atoms with Crippen molar-refractivity contribution in [3.63, 3.8) is 0 Å². The van der Waals surface area contributed by atoms with E-state index in [1.165, 1.54) is 17.0 Å². The SMILES string of the molecule is CCN1CCN(Cc2cc(C)n(-c3cccnc3)c2C)CCOc2ccccc2CC1=O. The second-order valence-electron chi connectivity index (χ2n) is 8.33. The minimum Gasteiger partial charge on any atom is -0.492 e. The Hall–Kier alpha value is -3.12. The molecule has 6 heteroatoms. The first kappa shape index (κ1) is 22.1. The van der Waals surface area contributed by atoms with E-state index in [0.29, 0.717) is 19.6 Å². The molecule has 6 nitrogen and oxygen atoms in total. The van der Waals surface area contributed by atoms with Crippen LogP contribution in [0.15, 0.2) is 54.9 Å². The van der Waals surface area contributed by atoms with Crippen molar-refractivity contribution in [1.82, 2.24) is 19.4 Å². The van der Waals surface area contributed by atoms with Gasteiger partial charge in [-0.15, -0.1) is 0 Å². The molecule has 0 N–H and O–H groups in total. The number of amides is 1. The number of fused-ring (bicyclic) bond motifs is 1. The minimum absolute atomic E-state index is 0.153. The van der Waals surface area contributed by atoms with Crippen molar-refractivity contribution in [2.24, 2.45) is 0 Å². The summed E-state index contributed by atoms with van der Waals surface area (Å²) in [6.07, 6.45) is 4.08. The van der Waals surface area contributed by atoms with Crippen molar-refractivity contribution >= 4 is 5.91 Å². The van der Waals surface area contributed by atoms with Gasteiger partial charge in [-0.3, -0.25) is 14.7 Å². The molecule has 1 aliphatic heterocycles. The highest BCUT2D eigenvalue weighted by Crippen LogP contribution is 2.23. The summed E-state index contributed by atoms with van der Waals surface area (Å²) in [5.74, 6) is 0.966. The maximum absolute atomic E-state index is 12.9. The van der Waals surface area contributed by atoms with Crippen LogP contribution in [-0.2, 0) is 17.8 Å². The van der Waals surface area contributed by atoms with Crippen LogP contribution in [0.1, 0.15) is 29.4 Å². The topological polar surface area (TPSA) is 50.6 Å². The van der Waals surface area contributed by atoms with Crippen LogP contribution in [0.5, 0.6) is 5.75 Å². The van der Waals surface area contributed by atoms with Gasteiger partial charge in [0.05, 0.1) is 18.3 Å². The molecule has 4 rings (SSSR count). The molecule has 0 aliphatic carbocycles. The van der Waals surface area contributed by atoms with Gasteiger partial charge in [0, 0.05) is 55.9 Å². The molecule has 2 aromatic heterocycles. The lowest BCUT2D eigenvalue weighted by molar-refractivity contribution is -0.130. The van der Waals surface area contributed by atoms with Gasteiger partial charge >= 0.3 is 0 Å². The third-order valence-corrected chi connectivity index (χ3v) is 6.23. The third kappa shape index (κ3) is 4.86. The molecule has 3 heterocycles. The Morgan fingerprint density at radius 1 is 1.06 bits per heavy atom. The number of pyridine rings is 1. The van der Waals surface area contributed by atoms with Crippen LogP contribution >= 0.6 is 0 Å². The van der Waals surface area contributed by atoms with E-state index in [1.807, 2.05) is 48.4 Å². The quantitative estimate of drug-likeness (QED) is 0.630. The lowest BCUT2D eigenvalue weighted by Crippen LogP contribution is -2.39. The van der Waals surface area contributed by atoms with Crippen LogP contribution in [0, 0.1) is 13.8 Å². The van der Waals surface area contributed by atoms with E-state index in [9.17, 15) is 4.79 Å². The molecular formula is C26H32N4O2. The van der Waals surface area contributed by atoms with Gasteiger partial charge in [0.1, 0.15) is 12.4 Å². The Morgan fingerprint density at radius 3 is 2.69 bits per heavy atom. The average Bonchev–Trinajstić information content (AvgIpc) is 3.06. The first-order chi connectivity index (χ1) is 15.6. The summed E-state index contributed by atoms with van der Waals surface area (Å²) in [5, 5.41) is 0. The van der Waals surface area contributed by atoms with Crippen molar-refractivity contribution < 1.29 is 9.53 Å². The normalized spacial score (nSPS) is 15.7. The first-order valence-corrected chi connectivity index (χ1v) is 11.4. The zero-order chi connectivity index (χ0) is 22.5. The summed E-state index contributed by atoms with van der Waals surface area (Å²) in [5.41, 5.74) is 5.74. The number of benzene rings is 1. The summed E-state index contributed by atoms with van der Waals surface area (Å²) >= 11 is 0. The molecule has 1 amide bonds. The molecule has 168 valence electrons. The van der Waals surface area contributed by atoms with Gasteiger partial charge in [0.2, 0.25) is 5.91 Å². The smallest absolute Gasteiger partial charge is 0.227 e. The number of rotatable bonds is 4. The number of ether oxygens (including phenoxy) is 1. The van der Waals surface area contributed by atoms with Crippen LogP contribution in [0.3, 0.4) is 0 Å². The van der Waals surface area contributed by atoms with Crippen LogP contribution < -0.4 is 4.74 Å². The monoisotopic (exact) mass is 432 g/mol. The van der Waals surface area contributed by atoms with Crippen molar-refractivity contribution in [3.8, 4) is 11.4 Å². The highest BCUT2D eigenvalue weighted by Gasteiger charge is 2.20. The molecule has 0 saturated carbocycles. The van der Waals surface area contributed by atoms with Gasteiger partial charge in [0.15, 0.2) is 0 Å². The van der Waals surface area contributed by atoms with E-state index in [2.05, 4.69) is 40.4 Å². The van der Waals surface area contributed by atoms with E-state index >= 15 is 0 Å². The molecule has 1 aliphatic rings. The van der Waals surface area contributed by atoms with Crippen LogP contribution in [-0.4, -0.2) is 58.0 Å². The second kappa shape index (κ2) is 10.0. The summed E-state index contributed by atoms with van der Waals surface area (Å²) in [6.45, 7) is 10.8. The van der Waals surface area contributed by atoms with Gasteiger partial charge in [0.25, 0.3) is 0 Å². The van der Waals surface area contributed by atoms with E-state index in [4.69, 9.17) is 4.74 Å². The molecule has 0 fully saturated rings. The van der Waals surface area contributed by atoms with Crippen molar-refractivity contribution in [2.75, 3.05) is 32.8 Å². The maximum atomic E-state index is 12.9. The Morgan fingerprint density at radius 2 is 1.91 bits per heavy atom. The van der Waals surface area contributed by atoms with Crippen LogP contribution in [0.4, 0.5) is 0 Å². The number of likely N-dealkylation sites (N-methyl/N-ethyl adjacent to an activating group) is 1. The lowest BCUT2D eigenvalue weighted by Gasteiger charge is -2.26. The molecule has 32 heavy (non-hydrogen) atoms. The van der Waals surface area contributed by atoms with E-state index < -0.39 is 0 Å². The number of para-hydroxylation sites is 1. The lowest BCUT2D eigenvalue weighted by atomic mass is 10.1. The summed E-state index contributed by atoms with van der Waals surface area (Å²) < 4.78 is 8.36. The minimum atomic E-state index is 0.153. The van der Waals surface area contributed by atoms with Gasteiger partial charge in [-0.25, -0.2) is 0 Å². The zero-order valence-electron chi connectivity index (χ0n) is 19.3. The van der Waals surface area contributed by atoms with E-state index in [1.54, 1.807) is 6.20 Å². The highest BCUT2D eigenvalue weighted by molar-refractivity contribution is 5.79. The molecule has 0 spiro atoms. The second-order valence-corrected chi connectivity index (χ2v) is 8.33. The maximum Gasteiger partial charge on any atom is 0.227 e. The van der Waals surface area contributed by atoms with E-state index in [-0.39, 0.29) is 5.91 Å². The van der Waals surface area contributed by atoms with Crippen molar-refractivity contribution in [3.05, 3.63) is 77.4 Å². The van der Waals surface area contributed by atoms with Gasteiger partial charge in [-0.2, -0.15) is 0 Å². The molecule has 0 radical (unpaired) electrons. The number of hydrogen-bond donors (Lipinski definition) is 0. The fourth-order valence-corrected chi connectivity index (χ4v) is 4.45. The number of aryl methyl sites for hydroxylation is 1. The zero-order valence-corrected chi connectivity index (χ0v) is 19.3. The summed E-state index contributed by atoms with van der Waals surface area (Å²) in [6, 6.07) is 14.2. The Balaban J connectivity index is 1.56. The molecule has 0 saturated heterocycles. The predicted octanol–water partition coefficient (Wildman–Crippen LogP) is 3.77. The predicted molar refractivity (Wildman–Crippen MR) is 126 cm³/mol. The fraction of sp³-hybridized carbons (Fsp3) is 0.385. The molecule has 1 aromatic carbocycles. The van der Waals surface area contributed by atoms with Gasteiger partial charge in [-0.1, -0.05) is 18.2 Å². The Bertz CT molecular complexity index is 1060.